The third kappa shape index (κ3) is 2.45. The molecule has 1 unspecified atom stereocenters. The normalized spacial score (nSPS) is 21.8. The number of ether oxygens (including phenoxy) is 3. The second-order valence-electron chi connectivity index (χ2n) is 5.09. The van der Waals surface area contributed by atoms with Crippen LogP contribution in [0.4, 0.5) is 0 Å². The summed E-state index contributed by atoms with van der Waals surface area (Å²) in [7, 11) is 1.44. The minimum absolute atomic E-state index is 0.139. The Kier molecular flexibility index (Phi) is 3.78. The number of hydrogen-bond acceptors (Lipinski definition) is 5. The van der Waals surface area contributed by atoms with Crippen LogP contribution in [0.15, 0.2) is 18.2 Å². The summed E-state index contributed by atoms with van der Waals surface area (Å²) >= 11 is 0. The molecule has 0 amide bonds. The summed E-state index contributed by atoms with van der Waals surface area (Å²) in [5, 5.41) is 0. The lowest BCUT2D eigenvalue weighted by molar-refractivity contribution is -0.146. The quantitative estimate of drug-likeness (QED) is 0.785. The molecule has 1 atom stereocenters. The van der Waals surface area contributed by atoms with Gasteiger partial charge < -0.3 is 14.2 Å². The molecule has 1 aromatic carbocycles. The minimum atomic E-state index is -0.149. The van der Waals surface area contributed by atoms with Gasteiger partial charge in [-0.1, -0.05) is 12.1 Å². The number of methoxy groups -OCH3 is 1. The van der Waals surface area contributed by atoms with E-state index in [2.05, 4.69) is 4.90 Å². The SMILES string of the molecule is COC(=O)C1CCCN1Cc1cccc2c1OCCO2. The van der Waals surface area contributed by atoms with Crippen LogP contribution in [0.5, 0.6) is 11.5 Å². The smallest absolute Gasteiger partial charge is 0.323 e. The van der Waals surface area contributed by atoms with E-state index in [0.29, 0.717) is 19.8 Å². The van der Waals surface area contributed by atoms with Gasteiger partial charge in [0, 0.05) is 12.1 Å². The summed E-state index contributed by atoms with van der Waals surface area (Å²) in [5.74, 6) is 1.46. The molecule has 2 aliphatic heterocycles. The first-order chi connectivity index (χ1) is 9.79. The first kappa shape index (κ1) is 13.2. The van der Waals surface area contributed by atoms with Gasteiger partial charge in [0.2, 0.25) is 0 Å². The van der Waals surface area contributed by atoms with Crippen molar-refractivity contribution >= 4 is 5.97 Å². The van der Waals surface area contributed by atoms with E-state index in [1.807, 2.05) is 18.2 Å². The van der Waals surface area contributed by atoms with E-state index >= 15 is 0 Å². The second kappa shape index (κ2) is 5.71. The van der Waals surface area contributed by atoms with Crippen LogP contribution in [0, 0.1) is 0 Å². The fourth-order valence-electron chi connectivity index (χ4n) is 2.90. The van der Waals surface area contributed by atoms with Gasteiger partial charge in [0.1, 0.15) is 19.3 Å². The van der Waals surface area contributed by atoms with Gasteiger partial charge in [0.25, 0.3) is 0 Å². The molecule has 1 saturated heterocycles. The number of likely N-dealkylation sites (tertiary alicyclic amines) is 1. The van der Waals surface area contributed by atoms with Crippen molar-refractivity contribution < 1.29 is 19.0 Å². The van der Waals surface area contributed by atoms with Crippen molar-refractivity contribution in [2.75, 3.05) is 26.9 Å². The number of fused-ring (bicyclic) bond motifs is 1. The summed E-state index contributed by atoms with van der Waals surface area (Å²) < 4.78 is 16.2. The first-order valence-electron chi connectivity index (χ1n) is 6.99. The zero-order chi connectivity index (χ0) is 13.9. The van der Waals surface area contributed by atoms with Crippen molar-refractivity contribution in [3.8, 4) is 11.5 Å². The Bertz CT molecular complexity index is 503. The lowest BCUT2D eigenvalue weighted by atomic mass is 10.1. The highest BCUT2D eigenvalue weighted by molar-refractivity contribution is 5.76. The van der Waals surface area contributed by atoms with Gasteiger partial charge in [-0.2, -0.15) is 0 Å². The van der Waals surface area contributed by atoms with Gasteiger partial charge in [0.15, 0.2) is 11.5 Å². The lowest BCUT2D eigenvalue weighted by Gasteiger charge is -2.26. The van der Waals surface area contributed by atoms with Crippen LogP contribution in [0.2, 0.25) is 0 Å². The number of hydrogen-bond donors (Lipinski definition) is 0. The molecule has 0 N–H and O–H groups in total. The van der Waals surface area contributed by atoms with Gasteiger partial charge in [-0.25, -0.2) is 0 Å². The molecule has 0 bridgehead atoms. The van der Waals surface area contributed by atoms with E-state index in [9.17, 15) is 4.79 Å². The van der Waals surface area contributed by atoms with Crippen LogP contribution in [0.1, 0.15) is 18.4 Å². The average molecular weight is 277 g/mol. The molecule has 5 heteroatoms. The monoisotopic (exact) mass is 277 g/mol. The number of benzene rings is 1. The third-order valence-corrected chi connectivity index (χ3v) is 3.86. The van der Waals surface area contributed by atoms with Crippen LogP contribution in [-0.4, -0.2) is 43.8 Å². The molecular formula is C15H19NO4. The van der Waals surface area contributed by atoms with Crippen LogP contribution in [0.25, 0.3) is 0 Å². The molecule has 0 saturated carbocycles. The van der Waals surface area contributed by atoms with Gasteiger partial charge >= 0.3 is 5.97 Å². The van der Waals surface area contributed by atoms with Crippen molar-refractivity contribution in [3.63, 3.8) is 0 Å². The highest BCUT2D eigenvalue weighted by Crippen LogP contribution is 2.35. The van der Waals surface area contributed by atoms with Crippen molar-refractivity contribution in [1.29, 1.82) is 0 Å². The Morgan fingerprint density at radius 3 is 3.10 bits per heavy atom. The van der Waals surface area contributed by atoms with Gasteiger partial charge in [0.05, 0.1) is 7.11 Å². The molecule has 108 valence electrons. The van der Waals surface area contributed by atoms with E-state index in [-0.39, 0.29) is 12.0 Å². The molecule has 1 aromatic rings. The maximum absolute atomic E-state index is 11.8. The molecule has 1 fully saturated rings. The Morgan fingerprint density at radius 1 is 1.40 bits per heavy atom. The Labute approximate surface area is 118 Å². The number of para-hydroxylation sites is 1. The largest absolute Gasteiger partial charge is 0.486 e. The molecule has 0 aromatic heterocycles. The van der Waals surface area contributed by atoms with Crippen molar-refractivity contribution in [1.82, 2.24) is 4.90 Å². The fraction of sp³-hybridized carbons (Fsp3) is 0.533. The van der Waals surface area contributed by atoms with E-state index in [0.717, 1.165) is 36.4 Å². The van der Waals surface area contributed by atoms with Crippen LogP contribution < -0.4 is 9.47 Å². The van der Waals surface area contributed by atoms with Crippen LogP contribution in [0.3, 0.4) is 0 Å². The fourth-order valence-corrected chi connectivity index (χ4v) is 2.90. The predicted molar refractivity (Wildman–Crippen MR) is 72.9 cm³/mol. The van der Waals surface area contributed by atoms with E-state index in [1.165, 1.54) is 7.11 Å². The maximum atomic E-state index is 11.8. The molecule has 20 heavy (non-hydrogen) atoms. The number of carbonyl (C=O) groups is 1. The number of carbonyl (C=O) groups excluding carboxylic acids is 1. The summed E-state index contributed by atoms with van der Waals surface area (Å²) in [6.45, 7) is 2.76. The summed E-state index contributed by atoms with van der Waals surface area (Å²) in [6.07, 6.45) is 1.88. The number of esters is 1. The maximum Gasteiger partial charge on any atom is 0.323 e. The lowest BCUT2D eigenvalue weighted by Crippen LogP contribution is -2.36. The molecule has 2 aliphatic rings. The predicted octanol–water partition coefficient (Wildman–Crippen LogP) is 1.60. The highest BCUT2D eigenvalue weighted by atomic mass is 16.6. The molecular weight excluding hydrogens is 258 g/mol. The number of rotatable bonds is 3. The van der Waals surface area contributed by atoms with Crippen molar-refractivity contribution in [3.05, 3.63) is 23.8 Å². The number of nitrogens with zero attached hydrogens (tertiary/aromatic N) is 1. The Balaban J connectivity index is 1.79. The van der Waals surface area contributed by atoms with E-state index < -0.39 is 0 Å². The average Bonchev–Trinajstić information content (AvgIpc) is 2.95. The van der Waals surface area contributed by atoms with E-state index in [4.69, 9.17) is 14.2 Å². The zero-order valence-electron chi connectivity index (χ0n) is 11.6. The summed E-state index contributed by atoms with van der Waals surface area (Å²) in [6, 6.07) is 5.77. The van der Waals surface area contributed by atoms with E-state index in [1.54, 1.807) is 0 Å². The summed E-state index contributed by atoms with van der Waals surface area (Å²) in [5.41, 5.74) is 1.07. The first-order valence-corrected chi connectivity index (χ1v) is 6.99. The molecule has 0 spiro atoms. The second-order valence-corrected chi connectivity index (χ2v) is 5.09. The van der Waals surface area contributed by atoms with Crippen molar-refractivity contribution in [2.45, 2.75) is 25.4 Å². The molecule has 2 heterocycles. The topological polar surface area (TPSA) is 48.0 Å². The minimum Gasteiger partial charge on any atom is -0.486 e. The summed E-state index contributed by atoms with van der Waals surface area (Å²) in [4.78, 5) is 13.9. The molecule has 5 nitrogen and oxygen atoms in total. The van der Waals surface area contributed by atoms with Crippen LogP contribution >= 0.6 is 0 Å². The zero-order valence-corrected chi connectivity index (χ0v) is 11.6. The van der Waals surface area contributed by atoms with Crippen LogP contribution in [-0.2, 0) is 16.1 Å². The Hall–Kier alpha value is -1.75. The van der Waals surface area contributed by atoms with Crippen molar-refractivity contribution in [2.24, 2.45) is 0 Å². The van der Waals surface area contributed by atoms with Gasteiger partial charge in [-0.05, 0) is 25.5 Å². The molecule has 0 aliphatic carbocycles. The molecule has 0 radical (unpaired) electrons. The van der Waals surface area contributed by atoms with Gasteiger partial charge in [-0.3, -0.25) is 9.69 Å². The standard InChI is InChI=1S/C15H19NO4/c1-18-15(17)12-5-3-7-16(12)10-11-4-2-6-13-14(11)20-9-8-19-13/h2,4,6,12H,3,5,7-10H2,1H3. The molecule has 3 rings (SSSR count). The third-order valence-electron chi connectivity index (χ3n) is 3.86. The Morgan fingerprint density at radius 2 is 2.25 bits per heavy atom. The highest BCUT2D eigenvalue weighted by Gasteiger charge is 2.32. The van der Waals surface area contributed by atoms with Gasteiger partial charge in [-0.15, -0.1) is 0 Å².